The molecule has 1 atom stereocenters. The van der Waals surface area contributed by atoms with Crippen molar-refractivity contribution in [3.05, 3.63) is 43.5 Å². The first-order chi connectivity index (χ1) is 11.0. The van der Waals surface area contributed by atoms with Crippen LogP contribution in [0.15, 0.2) is 17.2 Å². The van der Waals surface area contributed by atoms with Crippen molar-refractivity contribution in [1.82, 2.24) is 19.3 Å². The van der Waals surface area contributed by atoms with Gasteiger partial charge in [0.25, 0.3) is 5.56 Å². The molecule has 5 nitrogen and oxygen atoms in total. The quantitative estimate of drug-likeness (QED) is 0.726. The van der Waals surface area contributed by atoms with Gasteiger partial charge in [-0.15, -0.1) is 11.3 Å². The van der Waals surface area contributed by atoms with Gasteiger partial charge in [-0.25, -0.2) is 0 Å². The normalized spacial score (nSPS) is 17.6. The van der Waals surface area contributed by atoms with Crippen molar-refractivity contribution >= 4 is 33.8 Å². The molecule has 3 aromatic heterocycles. The summed E-state index contributed by atoms with van der Waals surface area (Å²) in [5.41, 5.74) is 2.24. The van der Waals surface area contributed by atoms with Crippen molar-refractivity contribution in [2.45, 2.75) is 32.7 Å². The monoisotopic (exact) mass is 346 g/mol. The molecule has 0 amide bonds. The van der Waals surface area contributed by atoms with E-state index in [9.17, 15) is 4.79 Å². The summed E-state index contributed by atoms with van der Waals surface area (Å²) >= 11 is 7.12. The summed E-state index contributed by atoms with van der Waals surface area (Å²) in [5, 5.41) is 5.00. The molecule has 3 aromatic rings. The maximum Gasteiger partial charge on any atom is 0.263 e. The predicted octanol–water partition coefficient (Wildman–Crippen LogP) is 3.03. The molecule has 1 aliphatic rings. The fourth-order valence-corrected chi connectivity index (χ4v) is 5.05. The Kier molecular flexibility index (Phi) is 3.50. The SMILES string of the molecule is CC1CCc2c(sc3[nH]c(=S)n(Cc4cnn(C)c4)c(=O)c23)C1. The van der Waals surface area contributed by atoms with Gasteiger partial charge in [-0.2, -0.15) is 5.10 Å². The van der Waals surface area contributed by atoms with Crippen LogP contribution in [0.4, 0.5) is 0 Å². The fraction of sp³-hybridized carbons (Fsp3) is 0.438. The number of nitrogens with one attached hydrogen (secondary N) is 1. The first-order valence-electron chi connectivity index (χ1n) is 7.78. The molecule has 0 aromatic carbocycles. The highest BCUT2D eigenvalue weighted by Crippen LogP contribution is 2.35. The standard InChI is InChI=1S/C16H18N4OS2/c1-9-3-4-11-12(5-9)23-14-13(11)15(21)20(16(22)18-14)8-10-6-17-19(2)7-10/h6-7,9H,3-5,8H2,1-2H3,(H,18,22). The molecule has 0 saturated carbocycles. The first kappa shape index (κ1) is 14.8. The van der Waals surface area contributed by atoms with E-state index in [2.05, 4.69) is 17.0 Å². The maximum atomic E-state index is 13.0. The van der Waals surface area contributed by atoms with E-state index in [0.29, 0.717) is 17.2 Å². The Morgan fingerprint density at radius 2 is 2.35 bits per heavy atom. The zero-order chi connectivity index (χ0) is 16.1. The predicted molar refractivity (Wildman–Crippen MR) is 94.8 cm³/mol. The number of aromatic amines is 1. The molecule has 3 heterocycles. The highest BCUT2D eigenvalue weighted by atomic mass is 32.1. The van der Waals surface area contributed by atoms with Crippen molar-refractivity contribution < 1.29 is 0 Å². The summed E-state index contributed by atoms with van der Waals surface area (Å²) in [4.78, 5) is 18.6. The molecule has 0 spiro atoms. The lowest BCUT2D eigenvalue weighted by Gasteiger charge is -2.17. The van der Waals surface area contributed by atoms with Gasteiger partial charge in [0.15, 0.2) is 4.77 Å². The number of hydrogen-bond donors (Lipinski definition) is 1. The molecule has 4 rings (SSSR count). The zero-order valence-electron chi connectivity index (χ0n) is 13.1. The van der Waals surface area contributed by atoms with Crippen LogP contribution in [0.25, 0.3) is 10.2 Å². The lowest BCUT2D eigenvalue weighted by atomic mass is 9.89. The number of hydrogen-bond acceptors (Lipinski definition) is 4. The van der Waals surface area contributed by atoms with E-state index >= 15 is 0 Å². The van der Waals surface area contributed by atoms with Crippen LogP contribution in [0.5, 0.6) is 0 Å². The Balaban J connectivity index is 1.89. The molecule has 1 N–H and O–H groups in total. The van der Waals surface area contributed by atoms with E-state index in [-0.39, 0.29) is 5.56 Å². The van der Waals surface area contributed by atoms with Gasteiger partial charge in [-0.1, -0.05) is 6.92 Å². The number of H-pyrrole nitrogens is 1. The third kappa shape index (κ3) is 2.48. The molecule has 1 unspecified atom stereocenters. The molecular weight excluding hydrogens is 328 g/mol. The van der Waals surface area contributed by atoms with Gasteiger partial charge >= 0.3 is 0 Å². The Labute approximate surface area is 142 Å². The molecule has 7 heteroatoms. The average molecular weight is 346 g/mol. The maximum absolute atomic E-state index is 13.0. The van der Waals surface area contributed by atoms with Crippen LogP contribution in [0.1, 0.15) is 29.3 Å². The molecule has 23 heavy (non-hydrogen) atoms. The van der Waals surface area contributed by atoms with Gasteiger partial charge < -0.3 is 4.98 Å². The minimum atomic E-state index is 0.0275. The molecule has 0 fully saturated rings. The van der Waals surface area contributed by atoms with E-state index in [0.717, 1.165) is 35.0 Å². The van der Waals surface area contributed by atoms with Crippen molar-refractivity contribution in [3.8, 4) is 0 Å². The minimum Gasteiger partial charge on any atom is -0.323 e. The molecule has 0 radical (unpaired) electrons. The molecular formula is C16H18N4OS2. The van der Waals surface area contributed by atoms with Gasteiger partial charge in [0.2, 0.25) is 0 Å². The average Bonchev–Trinajstić information content (AvgIpc) is 3.06. The topological polar surface area (TPSA) is 55.6 Å². The van der Waals surface area contributed by atoms with Crippen LogP contribution in [0.2, 0.25) is 0 Å². The van der Waals surface area contributed by atoms with Crippen LogP contribution >= 0.6 is 23.6 Å². The summed E-state index contributed by atoms with van der Waals surface area (Å²) in [5.74, 6) is 0.691. The van der Waals surface area contributed by atoms with Gasteiger partial charge in [0.05, 0.1) is 18.1 Å². The number of fused-ring (bicyclic) bond motifs is 3. The third-order valence-corrected chi connectivity index (χ3v) is 6.03. The van der Waals surface area contributed by atoms with E-state index in [1.54, 1.807) is 26.8 Å². The highest BCUT2D eigenvalue weighted by molar-refractivity contribution is 7.71. The molecule has 0 bridgehead atoms. The zero-order valence-corrected chi connectivity index (χ0v) is 14.8. The van der Waals surface area contributed by atoms with Crippen molar-refractivity contribution in [2.75, 3.05) is 0 Å². The Hall–Kier alpha value is -1.73. The van der Waals surface area contributed by atoms with Crippen molar-refractivity contribution in [3.63, 3.8) is 0 Å². The summed E-state index contributed by atoms with van der Waals surface area (Å²) < 4.78 is 3.87. The fourth-order valence-electron chi connectivity index (χ4n) is 3.34. The summed E-state index contributed by atoms with van der Waals surface area (Å²) in [6.45, 7) is 2.73. The molecule has 0 saturated heterocycles. The van der Waals surface area contributed by atoms with Crippen molar-refractivity contribution in [2.24, 2.45) is 13.0 Å². The number of nitrogens with zero attached hydrogens (tertiary/aromatic N) is 3. The summed E-state index contributed by atoms with van der Waals surface area (Å²) in [6.07, 6.45) is 6.89. The van der Waals surface area contributed by atoms with Crippen LogP contribution in [-0.2, 0) is 26.4 Å². The van der Waals surface area contributed by atoms with Gasteiger partial charge in [-0.3, -0.25) is 14.0 Å². The summed E-state index contributed by atoms with van der Waals surface area (Å²) in [7, 11) is 1.87. The first-order valence-corrected chi connectivity index (χ1v) is 9.00. The molecule has 120 valence electrons. The lowest BCUT2D eigenvalue weighted by Crippen LogP contribution is -2.23. The Morgan fingerprint density at radius 1 is 1.52 bits per heavy atom. The molecule has 0 aliphatic heterocycles. The van der Waals surface area contributed by atoms with E-state index in [1.165, 1.54) is 10.4 Å². The molecule has 1 aliphatic carbocycles. The number of aromatic nitrogens is 4. The van der Waals surface area contributed by atoms with Gasteiger partial charge in [0.1, 0.15) is 4.83 Å². The minimum absolute atomic E-state index is 0.0275. The second-order valence-corrected chi connectivity index (χ2v) is 7.89. The lowest BCUT2D eigenvalue weighted by molar-refractivity contribution is 0.509. The Bertz CT molecular complexity index is 1010. The van der Waals surface area contributed by atoms with E-state index in [1.807, 2.05) is 13.2 Å². The van der Waals surface area contributed by atoms with E-state index < -0.39 is 0 Å². The van der Waals surface area contributed by atoms with Gasteiger partial charge in [-0.05, 0) is 43.0 Å². The number of thiophene rings is 1. The van der Waals surface area contributed by atoms with E-state index in [4.69, 9.17) is 12.2 Å². The highest BCUT2D eigenvalue weighted by Gasteiger charge is 2.23. The second-order valence-electron chi connectivity index (χ2n) is 6.40. The third-order valence-electron chi connectivity index (χ3n) is 4.54. The van der Waals surface area contributed by atoms with Crippen LogP contribution in [0.3, 0.4) is 0 Å². The van der Waals surface area contributed by atoms with Crippen LogP contribution in [-0.4, -0.2) is 19.3 Å². The van der Waals surface area contributed by atoms with Crippen LogP contribution < -0.4 is 5.56 Å². The smallest absolute Gasteiger partial charge is 0.263 e. The van der Waals surface area contributed by atoms with Crippen molar-refractivity contribution in [1.29, 1.82) is 0 Å². The largest absolute Gasteiger partial charge is 0.323 e. The number of aryl methyl sites for hydroxylation is 2. The van der Waals surface area contributed by atoms with Crippen LogP contribution in [0, 0.1) is 10.7 Å². The summed E-state index contributed by atoms with van der Waals surface area (Å²) in [6, 6.07) is 0. The second kappa shape index (κ2) is 5.42. The Morgan fingerprint density at radius 3 is 3.09 bits per heavy atom. The number of rotatable bonds is 2. The van der Waals surface area contributed by atoms with Gasteiger partial charge in [0, 0.05) is 23.7 Å².